The summed E-state index contributed by atoms with van der Waals surface area (Å²) in [5.41, 5.74) is 2.16. The van der Waals surface area contributed by atoms with E-state index in [-0.39, 0.29) is 48.3 Å². The van der Waals surface area contributed by atoms with Crippen molar-refractivity contribution >= 4 is 23.6 Å². The first kappa shape index (κ1) is 29.1. The van der Waals surface area contributed by atoms with Gasteiger partial charge in [0.15, 0.2) is 11.4 Å². The monoisotopic (exact) mass is 557 g/mol. The lowest BCUT2D eigenvalue weighted by molar-refractivity contribution is -0.148. The van der Waals surface area contributed by atoms with Crippen LogP contribution in [0.5, 0.6) is 5.75 Å². The van der Waals surface area contributed by atoms with Gasteiger partial charge in [-0.15, -0.1) is 0 Å². The number of carbonyl (C=O) groups is 4. The minimum atomic E-state index is -2.70. The molecule has 0 unspecified atom stereocenters. The van der Waals surface area contributed by atoms with Gasteiger partial charge in [0.1, 0.15) is 22.8 Å². The number of primary amides is 1. The number of nitrogens with one attached hydrogen (secondary N) is 1. The molecular formula is C28H35N3O9. The largest absolute Gasteiger partial charge is 0.510 e. The minimum absolute atomic E-state index is 0.00566. The number of aliphatic hydroxyl groups excluding tert-OH is 2. The Morgan fingerprint density at radius 1 is 1.18 bits per heavy atom. The van der Waals surface area contributed by atoms with Crippen LogP contribution in [0.2, 0.25) is 0 Å². The maximum absolute atomic E-state index is 13.7. The van der Waals surface area contributed by atoms with Crippen molar-refractivity contribution in [1.29, 1.82) is 0 Å². The average molecular weight is 558 g/mol. The zero-order valence-corrected chi connectivity index (χ0v) is 23.1. The van der Waals surface area contributed by atoms with Gasteiger partial charge in [0.05, 0.1) is 18.2 Å². The number of Topliss-reactive ketones (excluding diaryl/α,β-unsaturated/α-hetero) is 2. The first-order valence-electron chi connectivity index (χ1n) is 12.9. The van der Waals surface area contributed by atoms with Crippen molar-refractivity contribution in [2.75, 3.05) is 20.7 Å². The van der Waals surface area contributed by atoms with E-state index in [0.717, 1.165) is 0 Å². The van der Waals surface area contributed by atoms with Gasteiger partial charge >= 0.3 is 6.09 Å². The number of nitrogens with zero attached hydrogens (tertiary/aromatic N) is 1. The van der Waals surface area contributed by atoms with Crippen LogP contribution in [0.4, 0.5) is 4.79 Å². The van der Waals surface area contributed by atoms with Crippen LogP contribution < -0.4 is 11.1 Å². The second-order valence-electron chi connectivity index (χ2n) is 12.1. The predicted octanol–water partition coefficient (Wildman–Crippen LogP) is 1.39. The van der Waals surface area contributed by atoms with E-state index in [0.29, 0.717) is 11.1 Å². The number of alkyl carbamates (subject to hydrolysis) is 1. The number of rotatable bonds is 5. The number of fused-ring (bicyclic) bond motifs is 3. The van der Waals surface area contributed by atoms with E-state index in [1.165, 1.54) is 11.0 Å². The molecule has 0 saturated carbocycles. The third-order valence-corrected chi connectivity index (χ3v) is 7.76. The number of phenolic OH excluding ortho intramolecular Hbond substituents is 1. The van der Waals surface area contributed by atoms with E-state index >= 15 is 0 Å². The van der Waals surface area contributed by atoms with Gasteiger partial charge < -0.3 is 36.2 Å². The molecule has 0 saturated heterocycles. The Hall–Kier alpha value is -3.90. The van der Waals surface area contributed by atoms with Gasteiger partial charge in [-0.3, -0.25) is 19.3 Å². The Bertz CT molecular complexity index is 1370. The summed E-state index contributed by atoms with van der Waals surface area (Å²) in [5, 5.41) is 47.1. The van der Waals surface area contributed by atoms with Crippen LogP contribution in [-0.2, 0) is 27.3 Å². The lowest BCUT2D eigenvalue weighted by Crippen LogP contribution is -2.63. The van der Waals surface area contributed by atoms with E-state index in [1.807, 2.05) is 20.8 Å². The summed E-state index contributed by atoms with van der Waals surface area (Å²) in [6.45, 7) is 5.93. The van der Waals surface area contributed by atoms with Crippen molar-refractivity contribution in [3.8, 4) is 5.75 Å². The number of hydrogen-bond acceptors (Lipinski definition) is 10. The van der Waals surface area contributed by atoms with Crippen molar-refractivity contribution in [3.05, 3.63) is 51.5 Å². The molecule has 1 aromatic carbocycles. The summed E-state index contributed by atoms with van der Waals surface area (Å²) in [6.07, 6.45) is -0.555. The van der Waals surface area contributed by atoms with Crippen molar-refractivity contribution in [2.24, 2.45) is 23.0 Å². The number of allylic oxidation sites excluding steroid dienone is 1. The normalized spacial score (nSPS) is 26.3. The van der Waals surface area contributed by atoms with E-state index in [2.05, 4.69) is 5.32 Å². The number of benzene rings is 1. The molecule has 7 N–H and O–H groups in total. The van der Waals surface area contributed by atoms with Crippen molar-refractivity contribution in [3.63, 3.8) is 0 Å². The Morgan fingerprint density at radius 2 is 1.82 bits per heavy atom. The number of likely N-dealkylation sites (N-methyl/N-ethyl adjacent to an activating group) is 1. The van der Waals surface area contributed by atoms with Gasteiger partial charge in [0, 0.05) is 18.0 Å². The molecule has 1 aromatic rings. The molecule has 2 amide bonds. The number of phenols is 1. The second kappa shape index (κ2) is 9.93. The summed E-state index contributed by atoms with van der Waals surface area (Å²) in [6, 6.07) is 1.78. The van der Waals surface area contributed by atoms with Gasteiger partial charge in [0.25, 0.3) is 5.91 Å². The van der Waals surface area contributed by atoms with Crippen LogP contribution in [-0.4, -0.2) is 81.2 Å². The number of hydrogen-bond donors (Lipinski definition) is 6. The quantitative estimate of drug-likeness (QED) is 0.287. The topological polar surface area (TPSA) is 200 Å². The van der Waals surface area contributed by atoms with E-state index < -0.39 is 64.1 Å². The van der Waals surface area contributed by atoms with Gasteiger partial charge in [-0.1, -0.05) is 26.8 Å². The second-order valence-corrected chi connectivity index (χ2v) is 12.1. The van der Waals surface area contributed by atoms with Gasteiger partial charge in [-0.05, 0) is 55.5 Å². The SMILES string of the molecule is CN(C)[C@@H]1C(O)=C(C(N)=O)C(=O)[C@@]2(O)C(O)=C3C(=O)c4c(O)ccc(CNC(=O)OCC(C)(C)C)c4C[C@H]3C[C@@H]12. The fraction of sp³-hybridized carbons (Fsp3) is 0.500. The Morgan fingerprint density at radius 3 is 2.40 bits per heavy atom. The number of carbonyl (C=O) groups excluding carboxylic acids is 4. The lowest BCUT2D eigenvalue weighted by atomic mass is 9.58. The molecule has 4 rings (SSSR count). The molecule has 3 aliphatic rings. The molecule has 0 aromatic heterocycles. The number of amides is 2. The summed E-state index contributed by atoms with van der Waals surface area (Å²) in [7, 11) is 3.13. The molecule has 0 radical (unpaired) electrons. The zero-order chi connectivity index (χ0) is 29.9. The highest BCUT2D eigenvalue weighted by Crippen LogP contribution is 2.52. The van der Waals surface area contributed by atoms with Gasteiger partial charge in [-0.2, -0.15) is 0 Å². The highest BCUT2D eigenvalue weighted by Gasteiger charge is 2.63. The first-order chi connectivity index (χ1) is 18.5. The van der Waals surface area contributed by atoms with E-state index in [4.69, 9.17) is 10.5 Å². The number of ketones is 2. The summed E-state index contributed by atoms with van der Waals surface area (Å²) < 4.78 is 5.24. The number of aromatic hydroxyl groups is 1. The fourth-order valence-corrected chi connectivity index (χ4v) is 5.98. The molecule has 12 nitrogen and oxygen atoms in total. The smallest absolute Gasteiger partial charge is 0.407 e. The molecule has 0 spiro atoms. The molecule has 12 heteroatoms. The van der Waals surface area contributed by atoms with Crippen molar-refractivity contribution < 1.29 is 44.3 Å². The molecule has 3 aliphatic carbocycles. The van der Waals surface area contributed by atoms with Gasteiger partial charge in [0.2, 0.25) is 5.78 Å². The molecule has 0 heterocycles. The third kappa shape index (κ3) is 4.60. The molecule has 4 atom stereocenters. The Labute approximate surface area is 231 Å². The minimum Gasteiger partial charge on any atom is -0.510 e. The summed E-state index contributed by atoms with van der Waals surface area (Å²) in [4.78, 5) is 52.9. The van der Waals surface area contributed by atoms with Crippen LogP contribution in [0.3, 0.4) is 0 Å². The first-order valence-corrected chi connectivity index (χ1v) is 12.9. The van der Waals surface area contributed by atoms with Gasteiger partial charge in [-0.25, -0.2) is 4.79 Å². The number of nitrogens with two attached hydrogens (primary N) is 1. The molecule has 0 aliphatic heterocycles. The Kier molecular flexibility index (Phi) is 7.22. The third-order valence-electron chi connectivity index (χ3n) is 7.76. The zero-order valence-electron chi connectivity index (χ0n) is 23.1. The van der Waals surface area contributed by atoms with Crippen molar-refractivity contribution in [2.45, 2.75) is 51.8 Å². The number of aliphatic hydroxyl groups is 3. The van der Waals surface area contributed by atoms with Crippen LogP contribution >= 0.6 is 0 Å². The predicted molar refractivity (Wildman–Crippen MR) is 141 cm³/mol. The molecule has 216 valence electrons. The van der Waals surface area contributed by atoms with E-state index in [1.54, 1.807) is 20.2 Å². The van der Waals surface area contributed by atoms with Crippen LogP contribution in [0.1, 0.15) is 48.7 Å². The van der Waals surface area contributed by atoms with Crippen LogP contribution in [0.25, 0.3) is 0 Å². The molecule has 40 heavy (non-hydrogen) atoms. The lowest BCUT2D eigenvalue weighted by Gasteiger charge is -2.50. The standard InChI is InChI=1S/C28H35N3O9/c1-27(2,3)11-40-26(38)30-10-12-6-7-16(32)18-14(12)8-13-9-15-20(31(4)5)22(34)19(25(29)37)24(36)28(15,39)23(35)17(13)21(18)33/h6-7,13,15,20,32,34-35,39H,8-11H2,1-5H3,(H2,29,37)(H,30,38)/t13-,15-,20-,28-/m0/s1. The summed E-state index contributed by atoms with van der Waals surface area (Å²) in [5.74, 6) is -7.13. The maximum atomic E-state index is 13.7. The highest BCUT2D eigenvalue weighted by atomic mass is 16.5. The Balaban J connectivity index is 1.76. The van der Waals surface area contributed by atoms with E-state index in [9.17, 15) is 39.6 Å². The van der Waals surface area contributed by atoms with Crippen LogP contribution in [0, 0.1) is 17.3 Å². The molecule has 0 bridgehead atoms. The number of ether oxygens (including phenoxy) is 1. The summed E-state index contributed by atoms with van der Waals surface area (Å²) >= 11 is 0. The molecule has 0 fully saturated rings. The van der Waals surface area contributed by atoms with Crippen LogP contribution in [0.15, 0.2) is 34.8 Å². The molecular weight excluding hydrogens is 522 g/mol. The highest BCUT2D eigenvalue weighted by molar-refractivity contribution is 6.24. The van der Waals surface area contributed by atoms with Crippen molar-refractivity contribution in [1.82, 2.24) is 10.2 Å². The maximum Gasteiger partial charge on any atom is 0.407 e. The fourth-order valence-electron chi connectivity index (χ4n) is 5.98. The average Bonchev–Trinajstić information content (AvgIpc) is 2.83.